The van der Waals surface area contributed by atoms with Gasteiger partial charge in [0.05, 0.1) is 11.0 Å². The summed E-state index contributed by atoms with van der Waals surface area (Å²) in [5, 5.41) is 0. The fraction of sp³-hybridized carbons (Fsp3) is 0.500. The quantitative estimate of drug-likeness (QED) is 0.758. The molecule has 1 aromatic carbocycles. The lowest BCUT2D eigenvalue weighted by Crippen LogP contribution is -2.05. The van der Waals surface area contributed by atoms with Crippen LogP contribution in [0.5, 0.6) is 0 Å². The Morgan fingerprint density at radius 3 is 2.62 bits per heavy atom. The zero-order valence-corrected chi connectivity index (χ0v) is 10.4. The van der Waals surface area contributed by atoms with E-state index in [4.69, 9.17) is 4.98 Å². The van der Waals surface area contributed by atoms with E-state index in [1.54, 1.807) is 0 Å². The van der Waals surface area contributed by atoms with Crippen molar-refractivity contribution in [2.75, 3.05) is 0 Å². The van der Waals surface area contributed by atoms with Gasteiger partial charge in [-0.25, -0.2) is 4.98 Å². The smallest absolute Gasteiger partial charge is 0.112 e. The van der Waals surface area contributed by atoms with Crippen molar-refractivity contribution in [3.8, 4) is 0 Å². The molecule has 1 heterocycles. The van der Waals surface area contributed by atoms with Gasteiger partial charge in [0.25, 0.3) is 0 Å². The maximum Gasteiger partial charge on any atom is 0.112 e. The van der Waals surface area contributed by atoms with Crippen molar-refractivity contribution in [3.05, 3.63) is 30.1 Å². The molecule has 86 valence electrons. The van der Waals surface area contributed by atoms with Crippen LogP contribution in [0.1, 0.15) is 44.9 Å². The van der Waals surface area contributed by atoms with Crippen LogP contribution < -0.4 is 0 Å². The highest BCUT2D eigenvalue weighted by molar-refractivity contribution is 5.75. The number of hydrogen-bond donors (Lipinski definition) is 0. The molecule has 2 rings (SSSR count). The second-order valence-corrected chi connectivity index (χ2v) is 4.41. The Morgan fingerprint density at radius 2 is 2.00 bits per heavy atom. The summed E-state index contributed by atoms with van der Waals surface area (Å²) in [5.74, 6) is 1.84. The van der Waals surface area contributed by atoms with Crippen molar-refractivity contribution in [2.24, 2.45) is 7.05 Å². The van der Waals surface area contributed by atoms with Crippen molar-refractivity contribution in [1.82, 2.24) is 9.55 Å². The van der Waals surface area contributed by atoms with E-state index < -0.39 is 0 Å². The maximum absolute atomic E-state index is 4.77. The Hall–Kier alpha value is -1.31. The number of imidazole rings is 1. The molecule has 2 heteroatoms. The van der Waals surface area contributed by atoms with E-state index in [-0.39, 0.29) is 0 Å². The van der Waals surface area contributed by atoms with Gasteiger partial charge in [-0.1, -0.05) is 32.4 Å². The first-order chi connectivity index (χ1) is 7.77. The van der Waals surface area contributed by atoms with Crippen molar-refractivity contribution in [2.45, 2.75) is 39.0 Å². The molecule has 0 spiro atoms. The number of para-hydroxylation sites is 2. The Bertz CT molecular complexity index is 471. The first-order valence-electron chi connectivity index (χ1n) is 6.19. The summed E-state index contributed by atoms with van der Waals surface area (Å²) in [7, 11) is 2.13. The second kappa shape index (κ2) is 4.69. The fourth-order valence-corrected chi connectivity index (χ4v) is 2.39. The minimum absolute atomic E-state index is 0.599. The molecule has 1 unspecified atom stereocenters. The fourth-order valence-electron chi connectivity index (χ4n) is 2.39. The average Bonchev–Trinajstić information content (AvgIpc) is 2.64. The molecule has 0 aliphatic heterocycles. The molecule has 2 nitrogen and oxygen atoms in total. The molecule has 0 aliphatic carbocycles. The van der Waals surface area contributed by atoms with Crippen LogP contribution in [0, 0.1) is 0 Å². The predicted octanol–water partition coefficient (Wildman–Crippen LogP) is 3.87. The van der Waals surface area contributed by atoms with Crippen LogP contribution in [-0.2, 0) is 7.05 Å². The first kappa shape index (κ1) is 11.2. The van der Waals surface area contributed by atoms with Crippen LogP contribution in [0.15, 0.2) is 24.3 Å². The number of rotatable bonds is 4. The number of fused-ring (bicyclic) bond motifs is 1. The monoisotopic (exact) mass is 216 g/mol. The van der Waals surface area contributed by atoms with Crippen LogP contribution in [0.2, 0.25) is 0 Å². The summed E-state index contributed by atoms with van der Waals surface area (Å²) in [6, 6.07) is 8.37. The Labute approximate surface area is 97.3 Å². The molecule has 1 atom stereocenters. The van der Waals surface area contributed by atoms with Gasteiger partial charge in [-0.05, 0) is 25.0 Å². The van der Waals surface area contributed by atoms with Gasteiger partial charge in [-0.3, -0.25) is 0 Å². The number of nitrogens with zero attached hydrogens (tertiary/aromatic N) is 2. The van der Waals surface area contributed by atoms with Crippen LogP contribution in [0.3, 0.4) is 0 Å². The van der Waals surface area contributed by atoms with Crippen molar-refractivity contribution in [3.63, 3.8) is 0 Å². The lowest BCUT2D eigenvalue weighted by molar-refractivity contribution is 0.549. The average molecular weight is 216 g/mol. The SMILES string of the molecule is CCCC(CC)c1nc2ccccc2n1C. The maximum atomic E-state index is 4.77. The molecule has 0 N–H and O–H groups in total. The van der Waals surface area contributed by atoms with E-state index in [0.29, 0.717) is 5.92 Å². The molecule has 0 bridgehead atoms. The zero-order valence-electron chi connectivity index (χ0n) is 10.4. The topological polar surface area (TPSA) is 17.8 Å². The molecule has 0 aliphatic rings. The van der Waals surface area contributed by atoms with E-state index in [0.717, 1.165) is 5.52 Å². The Kier molecular flexibility index (Phi) is 3.28. The van der Waals surface area contributed by atoms with Gasteiger partial charge in [0.15, 0.2) is 0 Å². The highest BCUT2D eigenvalue weighted by Gasteiger charge is 2.15. The lowest BCUT2D eigenvalue weighted by Gasteiger charge is -2.13. The van der Waals surface area contributed by atoms with Crippen LogP contribution in [0.4, 0.5) is 0 Å². The van der Waals surface area contributed by atoms with Crippen molar-refractivity contribution >= 4 is 11.0 Å². The van der Waals surface area contributed by atoms with Gasteiger partial charge in [-0.2, -0.15) is 0 Å². The Balaban J connectivity index is 2.47. The lowest BCUT2D eigenvalue weighted by atomic mass is 10.00. The molecule has 0 fully saturated rings. The standard InChI is InChI=1S/C14H20N2/c1-4-8-11(5-2)14-15-12-9-6-7-10-13(12)16(14)3/h6-7,9-11H,4-5,8H2,1-3H3. The van der Waals surface area contributed by atoms with E-state index in [2.05, 4.69) is 49.7 Å². The van der Waals surface area contributed by atoms with Gasteiger partial charge >= 0.3 is 0 Å². The molecule has 16 heavy (non-hydrogen) atoms. The number of aryl methyl sites for hydroxylation is 1. The summed E-state index contributed by atoms with van der Waals surface area (Å²) < 4.78 is 2.25. The number of benzene rings is 1. The highest BCUT2D eigenvalue weighted by Crippen LogP contribution is 2.26. The second-order valence-electron chi connectivity index (χ2n) is 4.41. The third-order valence-corrected chi connectivity index (χ3v) is 3.32. The first-order valence-corrected chi connectivity index (χ1v) is 6.19. The highest BCUT2D eigenvalue weighted by atomic mass is 15.1. The molecular weight excluding hydrogens is 196 g/mol. The third kappa shape index (κ3) is 1.84. The van der Waals surface area contributed by atoms with E-state index in [1.165, 1.54) is 30.6 Å². The van der Waals surface area contributed by atoms with E-state index >= 15 is 0 Å². The molecule has 0 saturated heterocycles. The molecule has 2 aromatic rings. The van der Waals surface area contributed by atoms with Gasteiger partial charge in [0, 0.05) is 13.0 Å². The number of aromatic nitrogens is 2. The summed E-state index contributed by atoms with van der Waals surface area (Å²) >= 11 is 0. The molecule has 0 saturated carbocycles. The van der Waals surface area contributed by atoms with Gasteiger partial charge in [0.1, 0.15) is 5.82 Å². The van der Waals surface area contributed by atoms with Crippen LogP contribution >= 0.6 is 0 Å². The molecule has 0 amide bonds. The van der Waals surface area contributed by atoms with Crippen LogP contribution in [0.25, 0.3) is 11.0 Å². The largest absolute Gasteiger partial charge is 0.331 e. The van der Waals surface area contributed by atoms with Gasteiger partial charge in [0.2, 0.25) is 0 Å². The van der Waals surface area contributed by atoms with E-state index in [1.807, 2.05) is 0 Å². The third-order valence-electron chi connectivity index (χ3n) is 3.32. The number of hydrogen-bond acceptors (Lipinski definition) is 1. The van der Waals surface area contributed by atoms with Crippen molar-refractivity contribution in [1.29, 1.82) is 0 Å². The van der Waals surface area contributed by atoms with Crippen molar-refractivity contribution < 1.29 is 0 Å². The molecule has 1 aromatic heterocycles. The summed E-state index contributed by atoms with van der Waals surface area (Å²) in [6.07, 6.45) is 3.63. The predicted molar refractivity (Wildman–Crippen MR) is 68.7 cm³/mol. The minimum Gasteiger partial charge on any atom is -0.331 e. The van der Waals surface area contributed by atoms with Gasteiger partial charge < -0.3 is 4.57 Å². The van der Waals surface area contributed by atoms with Gasteiger partial charge in [-0.15, -0.1) is 0 Å². The Morgan fingerprint density at radius 1 is 1.25 bits per heavy atom. The minimum atomic E-state index is 0.599. The molecular formula is C14H20N2. The molecule has 0 radical (unpaired) electrons. The normalized spacial score (nSPS) is 13.2. The summed E-state index contributed by atoms with van der Waals surface area (Å²) in [5.41, 5.74) is 2.36. The van der Waals surface area contributed by atoms with Crippen LogP contribution in [-0.4, -0.2) is 9.55 Å². The van der Waals surface area contributed by atoms with E-state index in [9.17, 15) is 0 Å². The zero-order chi connectivity index (χ0) is 11.5. The summed E-state index contributed by atoms with van der Waals surface area (Å²) in [6.45, 7) is 4.49. The summed E-state index contributed by atoms with van der Waals surface area (Å²) in [4.78, 5) is 4.77.